The second-order valence-corrected chi connectivity index (χ2v) is 8.99. The van der Waals surface area contributed by atoms with E-state index in [-0.39, 0.29) is 29.7 Å². The van der Waals surface area contributed by atoms with Crippen molar-refractivity contribution in [1.82, 2.24) is 20.0 Å². The summed E-state index contributed by atoms with van der Waals surface area (Å²) in [6, 6.07) is 0. The topological polar surface area (TPSA) is 79.6 Å². The molecule has 0 amide bonds. The van der Waals surface area contributed by atoms with Gasteiger partial charge in [0.2, 0.25) is 0 Å². The van der Waals surface area contributed by atoms with Gasteiger partial charge in [-0.1, -0.05) is 0 Å². The molecule has 1 aromatic heterocycles. The summed E-state index contributed by atoms with van der Waals surface area (Å²) in [6.45, 7) is 5.23. The van der Waals surface area contributed by atoms with Crippen LogP contribution < -0.4 is 5.32 Å². The Morgan fingerprint density at radius 1 is 1.48 bits per heavy atom. The third-order valence-corrected chi connectivity index (χ3v) is 6.54. The van der Waals surface area contributed by atoms with Gasteiger partial charge in [0.05, 0.1) is 16.7 Å². The van der Waals surface area contributed by atoms with Crippen molar-refractivity contribution in [3.8, 4) is 0 Å². The molecule has 2 heterocycles. The number of nitrogens with one attached hydrogen (secondary N) is 1. The monoisotopic (exact) mass is 455 g/mol. The highest BCUT2D eigenvalue weighted by atomic mass is 127. The van der Waals surface area contributed by atoms with Gasteiger partial charge >= 0.3 is 0 Å². The number of rotatable bonds is 3. The highest BCUT2D eigenvalue weighted by Gasteiger charge is 2.40. The molecule has 7 nitrogen and oxygen atoms in total. The molecule has 0 aliphatic carbocycles. The first-order valence-electron chi connectivity index (χ1n) is 7.40. The Morgan fingerprint density at radius 3 is 2.70 bits per heavy atom. The van der Waals surface area contributed by atoms with Crippen LogP contribution in [0.5, 0.6) is 0 Å². The van der Waals surface area contributed by atoms with Gasteiger partial charge in [-0.3, -0.25) is 9.67 Å². The zero-order chi connectivity index (χ0) is 16.4. The predicted octanol–water partition coefficient (Wildman–Crippen LogP) is 0.665. The maximum Gasteiger partial charge on any atom is 0.193 e. The molecule has 0 radical (unpaired) electrons. The summed E-state index contributed by atoms with van der Waals surface area (Å²) < 4.78 is 25.2. The number of guanidine groups is 1. The fraction of sp³-hybridized carbons (Fsp3) is 0.714. The van der Waals surface area contributed by atoms with E-state index in [0.29, 0.717) is 13.1 Å². The van der Waals surface area contributed by atoms with Crippen LogP contribution in [0.15, 0.2) is 17.4 Å². The zero-order valence-electron chi connectivity index (χ0n) is 14.1. The summed E-state index contributed by atoms with van der Waals surface area (Å²) in [4.78, 5) is 6.30. The lowest BCUT2D eigenvalue weighted by Crippen LogP contribution is -2.57. The van der Waals surface area contributed by atoms with Crippen molar-refractivity contribution < 1.29 is 8.42 Å². The summed E-state index contributed by atoms with van der Waals surface area (Å²) in [6.07, 6.45) is 4.68. The Kier molecular flexibility index (Phi) is 6.87. The number of halogens is 1. The van der Waals surface area contributed by atoms with E-state index < -0.39 is 14.6 Å². The number of aromatic nitrogens is 2. The molecule has 0 unspecified atom stereocenters. The molecule has 0 atom stereocenters. The summed E-state index contributed by atoms with van der Waals surface area (Å²) >= 11 is 0. The first-order valence-corrected chi connectivity index (χ1v) is 9.06. The highest BCUT2D eigenvalue weighted by Crippen LogP contribution is 2.23. The first-order chi connectivity index (χ1) is 10.2. The largest absolute Gasteiger partial charge is 0.356 e. The van der Waals surface area contributed by atoms with Crippen LogP contribution in [-0.4, -0.2) is 66.2 Å². The minimum absolute atomic E-state index is 0. The molecule has 0 bridgehead atoms. The second-order valence-electron chi connectivity index (χ2n) is 6.25. The minimum atomic E-state index is -3.03. The standard InChI is InChI=1S/C14H25N5O2S.HI/c1-14(2)11-19(7-8-22(14,20)21)13(15-3)16-6-5-12-9-17-18(4)10-12;/h9-10H,5-8,11H2,1-4H3,(H,15,16);1H. The molecule has 23 heavy (non-hydrogen) atoms. The zero-order valence-corrected chi connectivity index (χ0v) is 17.3. The van der Waals surface area contributed by atoms with Crippen molar-refractivity contribution in [3.05, 3.63) is 18.0 Å². The van der Waals surface area contributed by atoms with Crippen LogP contribution >= 0.6 is 24.0 Å². The van der Waals surface area contributed by atoms with Crippen LogP contribution in [-0.2, 0) is 23.3 Å². The van der Waals surface area contributed by atoms with Gasteiger partial charge in [-0.25, -0.2) is 8.42 Å². The number of hydrogen-bond donors (Lipinski definition) is 1. The molecule has 0 saturated carbocycles. The van der Waals surface area contributed by atoms with Gasteiger partial charge in [-0.2, -0.15) is 5.10 Å². The summed E-state index contributed by atoms with van der Waals surface area (Å²) in [5.74, 6) is 0.926. The third-order valence-electron chi connectivity index (χ3n) is 4.01. The Morgan fingerprint density at radius 2 is 2.17 bits per heavy atom. The normalized spacial score (nSPS) is 20.0. The Balaban J connectivity index is 0.00000264. The van der Waals surface area contributed by atoms with E-state index in [1.807, 2.05) is 24.3 Å². The predicted molar refractivity (Wildman–Crippen MR) is 103 cm³/mol. The van der Waals surface area contributed by atoms with Crippen molar-refractivity contribution in [1.29, 1.82) is 0 Å². The number of aryl methyl sites for hydroxylation is 1. The molecule has 1 aliphatic heterocycles. The molecule has 1 fully saturated rings. The third kappa shape index (κ3) is 4.82. The lowest BCUT2D eigenvalue weighted by molar-refractivity contribution is 0.353. The molecule has 1 saturated heterocycles. The molecule has 1 aliphatic rings. The van der Waals surface area contributed by atoms with Crippen molar-refractivity contribution in [3.63, 3.8) is 0 Å². The molecule has 2 rings (SSSR count). The van der Waals surface area contributed by atoms with Crippen molar-refractivity contribution in [2.75, 3.05) is 32.4 Å². The van der Waals surface area contributed by atoms with Gasteiger partial charge in [-0.15, -0.1) is 24.0 Å². The van der Waals surface area contributed by atoms with Crippen molar-refractivity contribution in [2.24, 2.45) is 12.0 Å². The van der Waals surface area contributed by atoms with Crippen LogP contribution in [0.3, 0.4) is 0 Å². The van der Waals surface area contributed by atoms with Crippen LogP contribution in [0.4, 0.5) is 0 Å². The van der Waals surface area contributed by atoms with Crippen LogP contribution in [0.1, 0.15) is 19.4 Å². The Labute approximate surface area is 155 Å². The number of aliphatic imine (C=N–C) groups is 1. The Bertz CT molecular complexity index is 654. The van der Waals surface area contributed by atoms with Crippen molar-refractivity contribution >= 4 is 39.8 Å². The molecular formula is C14H26IN5O2S. The lowest BCUT2D eigenvalue weighted by atomic mass is 10.2. The quantitative estimate of drug-likeness (QED) is 0.412. The van der Waals surface area contributed by atoms with Gasteiger partial charge in [0.1, 0.15) is 0 Å². The first kappa shape index (κ1) is 20.2. The van der Waals surface area contributed by atoms with Crippen LogP contribution in [0, 0.1) is 0 Å². The van der Waals surface area contributed by atoms with Gasteiger partial charge in [-0.05, 0) is 25.8 Å². The molecule has 1 N–H and O–H groups in total. The van der Waals surface area contributed by atoms with Gasteiger partial charge < -0.3 is 10.2 Å². The second kappa shape index (κ2) is 7.82. The van der Waals surface area contributed by atoms with E-state index in [1.54, 1.807) is 25.6 Å². The number of hydrogen-bond acceptors (Lipinski definition) is 4. The van der Waals surface area contributed by atoms with E-state index in [1.165, 1.54) is 0 Å². The van der Waals surface area contributed by atoms with E-state index in [4.69, 9.17) is 0 Å². The van der Waals surface area contributed by atoms with Gasteiger partial charge in [0.15, 0.2) is 15.8 Å². The van der Waals surface area contributed by atoms with Crippen LogP contribution in [0.25, 0.3) is 0 Å². The maximum atomic E-state index is 12.1. The van der Waals surface area contributed by atoms with E-state index >= 15 is 0 Å². The summed E-state index contributed by atoms with van der Waals surface area (Å²) in [5.41, 5.74) is 1.16. The van der Waals surface area contributed by atoms with Gasteiger partial charge in [0.25, 0.3) is 0 Å². The summed E-state index contributed by atoms with van der Waals surface area (Å²) in [7, 11) is 0.588. The number of nitrogens with zero attached hydrogens (tertiary/aromatic N) is 4. The Hall–Kier alpha value is -0.840. The van der Waals surface area contributed by atoms with Crippen molar-refractivity contribution in [2.45, 2.75) is 25.0 Å². The SMILES string of the molecule is CN=C(NCCc1cnn(C)c1)N1CCS(=O)(=O)C(C)(C)C1.I. The highest BCUT2D eigenvalue weighted by molar-refractivity contribution is 14.0. The lowest BCUT2D eigenvalue weighted by Gasteiger charge is -2.39. The minimum Gasteiger partial charge on any atom is -0.356 e. The fourth-order valence-electron chi connectivity index (χ4n) is 2.58. The molecule has 132 valence electrons. The number of sulfone groups is 1. The van der Waals surface area contributed by atoms with E-state index in [2.05, 4.69) is 15.4 Å². The smallest absolute Gasteiger partial charge is 0.193 e. The van der Waals surface area contributed by atoms with Crippen LogP contribution in [0.2, 0.25) is 0 Å². The van der Waals surface area contributed by atoms with Gasteiger partial charge in [0, 0.05) is 39.9 Å². The summed E-state index contributed by atoms with van der Waals surface area (Å²) in [5, 5.41) is 7.45. The average Bonchev–Trinajstić information content (AvgIpc) is 2.84. The molecule has 0 aromatic carbocycles. The molecule has 9 heteroatoms. The maximum absolute atomic E-state index is 12.1. The van der Waals surface area contributed by atoms with E-state index in [0.717, 1.165) is 24.5 Å². The van der Waals surface area contributed by atoms with E-state index in [9.17, 15) is 8.42 Å². The molecule has 1 aromatic rings. The fourth-order valence-corrected chi connectivity index (χ4v) is 3.94. The molecular weight excluding hydrogens is 429 g/mol. The average molecular weight is 455 g/mol. The molecule has 0 spiro atoms.